The van der Waals surface area contributed by atoms with Gasteiger partial charge in [-0.05, 0) is 76.9 Å². The maximum atomic E-state index is 13.1. The number of hydrogen-bond donors (Lipinski definition) is 0. The molecule has 33 heavy (non-hydrogen) atoms. The summed E-state index contributed by atoms with van der Waals surface area (Å²) in [5.74, 6) is -0.465. The third kappa shape index (κ3) is 3.93. The first-order chi connectivity index (χ1) is 15.7. The molecular weight excluding hydrogens is 434 g/mol. The highest BCUT2D eigenvalue weighted by atomic mass is 32.1. The number of para-hydroxylation sites is 1. The molecule has 3 aromatic rings. The van der Waals surface area contributed by atoms with E-state index in [1.165, 1.54) is 5.01 Å². The van der Waals surface area contributed by atoms with Crippen molar-refractivity contribution >= 4 is 40.7 Å². The van der Waals surface area contributed by atoms with E-state index in [1.807, 2.05) is 84.0 Å². The number of carbonyl (C=O) groups is 2. The van der Waals surface area contributed by atoms with E-state index >= 15 is 0 Å². The second-order valence-electron chi connectivity index (χ2n) is 8.04. The van der Waals surface area contributed by atoms with Gasteiger partial charge < -0.3 is 9.30 Å². The Labute approximate surface area is 197 Å². The highest BCUT2D eigenvalue weighted by molar-refractivity contribution is 7.15. The standard InChI is InChI=1S/C26H27N3O3S/c1-7-32-26(31)23-16(3)19(6)33-25(23)28-15(2)13-20(18(28)5)14-22-17(4)27-29(24(22)30)21-11-9-8-10-12-21/h8-14H,7H2,1-6H3/b22-14+. The Morgan fingerprint density at radius 1 is 1.12 bits per heavy atom. The fourth-order valence-corrected chi connectivity index (χ4v) is 5.30. The summed E-state index contributed by atoms with van der Waals surface area (Å²) >= 11 is 1.57. The maximum absolute atomic E-state index is 13.1. The fourth-order valence-electron chi connectivity index (χ4n) is 4.04. The van der Waals surface area contributed by atoms with Gasteiger partial charge in [0.1, 0.15) is 5.00 Å². The zero-order chi connectivity index (χ0) is 23.9. The molecule has 6 nitrogen and oxygen atoms in total. The largest absolute Gasteiger partial charge is 0.462 e. The molecule has 0 N–H and O–H groups in total. The lowest BCUT2D eigenvalue weighted by Gasteiger charge is -2.11. The van der Waals surface area contributed by atoms with Crippen molar-refractivity contribution in [3.8, 4) is 5.00 Å². The number of aromatic nitrogens is 1. The number of hydrazone groups is 1. The number of hydrogen-bond acceptors (Lipinski definition) is 5. The number of rotatable bonds is 5. The molecule has 0 spiro atoms. The molecule has 3 heterocycles. The molecule has 0 saturated carbocycles. The SMILES string of the molecule is CCOC(=O)c1c(-n2c(C)cc(/C=C3/C(=O)N(c4ccccc4)N=C3C)c2C)sc(C)c1C. The predicted molar refractivity (Wildman–Crippen MR) is 134 cm³/mol. The predicted octanol–water partition coefficient (Wildman–Crippen LogP) is 5.76. The van der Waals surface area contributed by atoms with Crippen LogP contribution in [0.2, 0.25) is 0 Å². The van der Waals surface area contributed by atoms with Gasteiger partial charge in [-0.3, -0.25) is 4.79 Å². The van der Waals surface area contributed by atoms with Crippen LogP contribution < -0.4 is 5.01 Å². The topological polar surface area (TPSA) is 63.9 Å². The van der Waals surface area contributed by atoms with Crippen molar-refractivity contribution in [1.29, 1.82) is 0 Å². The first-order valence-corrected chi connectivity index (χ1v) is 11.7. The summed E-state index contributed by atoms with van der Waals surface area (Å²) in [6, 6.07) is 11.4. The normalized spacial score (nSPS) is 14.8. The van der Waals surface area contributed by atoms with Crippen LogP contribution in [-0.2, 0) is 9.53 Å². The van der Waals surface area contributed by atoms with Crippen molar-refractivity contribution in [2.45, 2.75) is 41.5 Å². The zero-order valence-corrected chi connectivity index (χ0v) is 20.5. The molecule has 0 bridgehead atoms. The highest BCUT2D eigenvalue weighted by Crippen LogP contribution is 2.35. The number of benzene rings is 1. The smallest absolute Gasteiger partial charge is 0.341 e. The van der Waals surface area contributed by atoms with Gasteiger partial charge in [-0.1, -0.05) is 18.2 Å². The average molecular weight is 462 g/mol. The second-order valence-corrected chi connectivity index (χ2v) is 9.24. The van der Waals surface area contributed by atoms with Crippen molar-refractivity contribution in [3.05, 3.63) is 74.9 Å². The molecule has 170 valence electrons. The quantitative estimate of drug-likeness (QED) is 0.359. The fraction of sp³-hybridized carbons (Fsp3) is 0.269. The monoisotopic (exact) mass is 461 g/mol. The van der Waals surface area contributed by atoms with E-state index in [-0.39, 0.29) is 11.9 Å². The van der Waals surface area contributed by atoms with E-state index in [9.17, 15) is 9.59 Å². The van der Waals surface area contributed by atoms with Gasteiger partial charge in [0.25, 0.3) is 5.91 Å². The lowest BCUT2D eigenvalue weighted by Crippen LogP contribution is -2.21. The number of esters is 1. The van der Waals surface area contributed by atoms with Crippen molar-refractivity contribution in [2.75, 3.05) is 11.6 Å². The number of carbonyl (C=O) groups excluding carboxylic acids is 2. The second kappa shape index (κ2) is 8.83. The van der Waals surface area contributed by atoms with Gasteiger partial charge >= 0.3 is 5.97 Å². The Morgan fingerprint density at radius 2 is 1.82 bits per heavy atom. The summed E-state index contributed by atoms with van der Waals surface area (Å²) < 4.78 is 7.41. The third-order valence-electron chi connectivity index (χ3n) is 5.88. The van der Waals surface area contributed by atoms with Gasteiger partial charge in [-0.2, -0.15) is 10.1 Å². The molecule has 0 radical (unpaired) electrons. The summed E-state index contributed by atoms with van der Waals surface area (Å²) in [6.07, 6.45) is 1.89. The lowest BCUT2D eigenvalue weighted by atomic mass is 10.1. The molecule has 4 rings (SSSR count). The molecule has 1 amide bonds. The van der Waals surface area contributed by atoms with Crippen LogP contribution in [0, 0.1) is 27.7 Å². The molecule has 0 atom stereocenters. The molecular formula is C26H27N3O3S. The minimum absolute atomic E-state index is 0.154. The van der Waals surface area contributed by atoms with Crippen LogP contribution in [0.15, 0.2) is 47.1 Å². The van der Waals surface area contributed by atoms with E-state index in [4.69, 9.17) is 4.74 Å². The molecule has 7 heteroatoms. The summed E-state index contributed by atoms with van der Waals surface area (Å²) in [6.45, 7) is 11.9. The zero-order valence-electron chi connectivity index (χ0n) is 19.7. The minimum Gasteiger partial charge on any atom is -0.462 e. The highest BCUT2D eigenvalue weighted by Gasteiger charge is 2.29. The van der Waals surface area contributed by atoms with Crippen LogP contribution in [0.3, 0.4) is 0 Å². The van der Waals surface area contributed by atoms with E-state index in [0.29, 0.717) is 23.5 Å². The minimum atomic E-state index is -0.311. The van der Waals surface area contributed by atoms with Crippen molar-refractivity contribution in [3.63, 3.8) is 0 Å². The average Bonchev–Trinajstić information content (AvgIpc) is 3.34. The molecule has 2 aromatic heterocycles. The van der Waals surface area contributed by atoms with Gasteiger partial charge in [0.2, 0.25) is 0 Å². The van der Waals surface area contributed by atoms with Gasteiger partial charge in [0.05, 0.1) is 29.1 Å². The van der Waals surface area contributed by atoms with Crippen molar-refractivity contribution in [2.24, 2.45) is 5.10 Å². The van der Waals surface area contributed by atoms with Crippen LogP contribution in [-0.4, -0.2) is 28.8 Å². The molecule has 0 saturated heterocycles. The van der Waals surface area contributed by atoms with Gasteiger partial charge in [0.15, 0.2) is 0 Å². The molecule has 1 aromatic carbocycles. The van der Waals surface area contributed by atoms with Crippen LogP contribution in [0.1, 0.15) is 51.6 Å². The van der Waals surface area contributed by atoms with Gasteiger partial charge in [-0.25, -0.2) is 4.79 Å². The third-order valence-corrected chi connectivity index (χ3v) is 7.08. The number of thiophene rings is 1. The summed E-state index contributed by atoms with van der Waals surface area (Å²) in [5, 5.41) is 6.75. The number of nitrogens with zero attached hydrogens (tertiary/aromatic N) is 3. The van der Waals surface area contributed by atoms with Gasteiger partial charge in [0, 0.05) is 16.3 Å². The first-order valence-electron chi connectivity index (χ1n) is 10.9. The van der Waals surface area contributed by atoms with Crippen LogP contribution in [0.5, 0.6) is 0 Å². The van der Waals surface area contributed by atoms with Crippen molar-refractivity contribution in [1.82, 2.24) is 4.57 Å². The Hall–Kier alpha value is -3.45. The van der Waals surface area contributed by atoms with Crippen LogP contribution in [0.25, 0.3) is 11.1 Å². The molecule has 0 fully saturated rings. The number of aryl methyl sites for hydroxylation is 2. The number of amides is 1. The van der Waals surface area contributed by atoms with Crippen molar-refractivity contribution < 1.29 is 14.3 Å². The van der Waals surface area contributed by atoms with Gasteiger partial charge in [-0.15, -0.1) is 11.3 Å². The Bertz CT molecular complexity index is 1310. The van der Waals surface area contributed by atoms with E-state index in [2.05, 4.69) is 9.67 Å². The molecule has 1 aliphatic heterocycles. The Morgan fingerprint density at radius 3 is 2.48 bits per heavy atom. The van der Waals surface area contributed by atoms with E-state index in [0.717, 1.165) is 38.1 Å². The van der Waals surface area contributed by atoms with Crippen LogP contribution >= 0.6 is 11.3 Å². The molecule has 1 aliphatic rings. The Kier molecular flexibility index (Phi) is 6.08. The lowest BCUT2D eigenvalue weighted by molar-refractivity contribution is -0.114. The Balaban J connectivity index is 1.77. The van der Waals surface area contributed by atoms with E-state index in [1.54, 1.807) is 11.3 Å². The number of anilines is 1. The summed E-state index contributed by atoms with van der Waals surface area (Å²) in [5.41, 5.74) is 6.35. The first kappa shape index (κ1) is 22.7. The summed E-state index contributed by atoms with van der Waals surface area (Å²) in [4.78, 5) is 26.9. The number of ether oxygens (including phenoxy) is 1. The van der Waals surface area contributed by atoms with E-state index < -0.39 is 0 Å². The maximum Gasteiger partial charge on any atom is 0.341 e. The summed E-state index contributed by atoms with van der Waals surface area (Å²) in [7, 11) is 0. The van der Waals surface area contributed by atoms with Crippen LogP contribution in [0.4, 0.5) is 5.69 Å². The molecule has 0 unspecified atom stereocenters. The molecule has 0 aliphatic carbocycles.